The van der Waals surface area contributed by atoms with Crippen molar-refractivity contribution in [1.29, 1.82) is 0 Å². The second-order valence-electron chi connectivity index (χ2n) is 4.31. The minimum atomic E-state index is -0.476. The van der Waals surface area contributed by atoms with Gasteiger partial charge < -0.3 is 21.2 Å². The Hall–Kier alpha value is -3.02. The third-order valence-electron chi connectivity index (χ3n) is 2.84. The fourth-order valence-corrected chi connectivity index (χ4v) is 1.85. The number of ether oxygens (including phenoxy) is 1. The van der Waals surface area contributed by atoms with E-state index in [9.17, 15) is 4.79 Å². The van der Waals surface area contributed by atoms with Gasteiger partial charge in [-0.05, 0) is 42.5 Å². The molecule has 3 aromatic rings. The Morgan fingerprint density at radius 3 is 2.60 bits per heavy atom. The van der Waals surface area contributed by atoms with Gasteiger partial charge in [-0.25, -0.2) is 0 Å². The van der Waals surface area contributed by atoms with Crippen LogP contribution in [-0.2, 0) is 0 Å². The Balaban J connectivity index is 1.87. The molecule has 3 rings (SSSR count). The van der Waals surface area contributed by atoms with E-state index in [4.69, 9.17) is 16.2 Å². The number of hydrogen-bond donors (Lipinski definition) is 3. The second kappa shape index (κ2) is 4.58. The monoisotopic (exact) mass is 268 g/mol. The van der Waals surface area contributed by atoms with E-state index in [2.05, 4.69) is 9.97 Å². The highest BCUT2D eigenvalue weighted by atomic mass is 16.5. The molecule has 0 aliphatic heterocycles. The summed E-state index contributed by atoms with van der Waals surface area (Å²) in [5.41, 5.74) is 13.5. The van der Waals surface area contributed by atoms with Gasteiger partial charge in [0.1, 0.15) is 5.75 Å². The van der Waals surface area contributed by atoms with Crippen LogP contribution in [0.3, 0.4) is 0 Å². The number of carbonyl (C=O) groups is 1. The van der Waals surface area contributed by atoms with Gasteiger partial charge in [0, 0.05) is 11.3 Å². The van der Waals surface area contributed by atoms with E-state index in [-0.39, 0.29) is 0 Å². The molecule has 1 amide bonds. The SMILES string of the molecule is NC(=O)c1ccc(Oc2nc3ccc(N)cc3[nH]2)cc1. The van der Waals surface area contributed by atoms with Crippen LogP contribution < -0.4 is 16.2 Å². The summed E-state index contributed by atoms with van der Waals surface area (Å²) in [4.78, 5) is 18.3. The number of amides is 1. The topological polar surface area (TPSA) is 107 Å². The van der Waals surface area contributed by atoms with E-state index in [0.29, 0.717) is 23.0 Å². The summed E-state index contributed by atoms with van der Waals surface area (Å²) in [7, 11) is 0. The van der Waals surface area contributed by atoms with Crippen LogP contribution in [0.25, 0.3) is 11.0 Å². The van der Waals surface area contributed by atoms with E-state index in [0.717, 1.165) is 11.0 Å². The minimum absolute atomic E-state index is 0.359. The molecule has 0 saturated heterocycles. The fraction of sp³-hybridized carbons (Fsp3) is 0. The number of imidazole rings is 1. The molecule has 6 nitrogen and oxygen atoms in total. The van der Waals surface area contributed by atoms with Crippen molar-refractivity contribution >= 4 is 22.6 Å². The summed E-state index contributed by atoms with van der Waals surface area (Å²) in [5, 5.41) is 0. The van der Waals surface area contributed by atoms with E-state index >= 15 is 0 Å². The second-order valence-corrected chi connectivity index (χ2v) is 4.31. The number of carbonyl (C=O) groups excluding carboxylic acids is 1. The molecule has 20 heavy (non-hydrogen) atoms. The zero-order valence-corrected chi connectivity index (χ0v) is 10.5. The van der Waals surface area contributed by atoms with Crippen LogP contribution in [0.4, 0.5) is 5.69 Å². The first-order valence-corrected chi connectivity index (χ1v) is 5.95. The predicted molar refractivity (Wildman–Crippen MR) is 75.5 cm³/mol. The minimum Gasteiger partial charge on any atom is -0.426 e. The maximum atomic E-state index is 11.0. The number of anilines is 1. The summed E-state index contributed by atoms with van der Waals surface area (Å²) >= 11 is 0. The molecular formula is C14H12N4O2. The molecule has 100 valence electrons. The van der Waals surface area contributed by atoms with E-state index in [1.54, 1.807) is 36.4 Å². The van der Waals surface area contributed by atoms with Gasteiger partial charge in [0.15, 0.2) is 0 Å². The van der Waals surface area contributed by atoms with Crippen LogP contribution >= 0.6 is 0 Å². The highest BCUT2D eigenvalue weighted by Gasteiger charge is 2.06. The van der Waals surface area contributed by atoms with Crippen LogP contribution in [0.1, 0.15) is 10.4 Å². The van der Waals surface area contributed by atoms with Gasteiger partial charge in [-0.3, -0.25) is 4.79 Å². The lowest BCUT2D eigenvalue weighted by atomic mass is 10.2. The summed E-state index contributed by atoms with van der Waals surface area (Å²) in [6.07, 6.45) is 0. The Morgan fingerprint density at radius 1 is 1.15 bits per heavy atom. The number of aromatic nitrogens is 2. The first-order valence-electron chi connectivity index (χ1n) is 5.95. The lowest BCUT2D eigenvalue weighted by Crippen LogP contribution is -2.10. The molecular weight excluding hydrogens is 256 g/mol. The number of nitrogens with zero attached hydrogens (tertiary/aromatic N) is 1. The van der Waals surface area contributed by atoms with Crippen molar-refractivity contribution in [3.63, 3.8) is 0 Å². The average Bonchev–Trinajstić information content (AvgIpc) is 2.80. The highest BCUT2D eigenvalue weighted by molar-refractivity contribution is 5.92. The number of nitrogen functional groups attached to an aromatic ring is 1. The normalized spacial score (nSPS) is 10.6. The summed E-state index contributed by atoms with van der Waals surface area (Å²) in [6.45, 7) is 0. The lowest BCUT2D eigenvalue weighted by Gasteiger charge is -2.01. The van der Waals surface area contributed by atoms with Gasteiger partial charge in [0.05, 0.1) is 11.0 Å². The van der Waals surface area contributed by atoms with Crippen molar-refractivity contribution in [3.05, 3.63) is 48.0 Å². The number of benzene rings is 2. The molecule has 0 aliphatic rings. The molecule has 0 bridgehead atoms. The zero-order chi connectivity index (χ0) is 14.1. The largest absolute Gasteiger partial charge is 0.426 e. The van der Waals surface area contributed by atoms with Gasteiger partial charge in [-0.15, -0.1) is 0 Å². The van der Waals surface area contributed by atoms with Gasteiger partial charge in [0.2, 0.25) is 5.91 Å². The lowest BCUT2D eigenvalue weighted by molar-refractivity contribution is 0.100. The average molecular weight is 268 g/mol. The first kappa shape index (κ1) is 12.0. The number of primary amides is 1. The highest BCUT2D eigenvalue weighted by Crippen LogP contribution is 2.23. The molecule has 0 unspecified atom stereocenters. The van der Waals surface area contributed by atoms with Crippen molar-refractivity contribution in [2.75, 3.05) is 5.73 Å². The van der Waals surface area contributed by atoms with Crippen molar-refractivity contribution < 1.29 is 9.53 Å². The molecule has 1 heterocycles. The smallest absolute Gasteiger partial charge is 0.300 e. The summed E-state index contributed by atoms with van der Waals surface area (Å²) < 4.78 is 5.58. The van der Waals surface area contributed by atoms with Gasteiger partial charge in [-0.2, -0.15) is 4.98 Å². The van der Waals surface area contributed by atoms with E-state index < -0.39 is 5.91 Å². The summed E-state index contributed by atoms with van der Waals surface area (Å²) in [6, 6.07) is 12.2. The van der Waals surface area contributed by atoms with Crippen LogP contribution in [0, 0.1) is 0 Å². The predicted octanol–water partition coefficient (Wildman–Crippen LogP) is 2.04. The Kier molecular flexibility index (Phi) is 2.76. The maximum absolute atomic E-state index is 11.0. The van der Waals surface area contributed by atoms with Crippen LogP contribution in [-0.4, -0.2) is 15.9 Å². The summed E-state index contributed by atoms with van der Waals surface area (Å²) in [5.74, 6) is 0.0813. The number of rotatable bonds is 3. The fourth-order valence-electron chi connectivity index (χ4n) is 1.85. The number of nitrogens with two attached hydrogens (primary N) is 2. The Labute approximate surface area is 114 Å². The molecule has 0 aliphatic carbocycles. The molecule has 0 saturated carbocycles. The Bertz CT molecular complexity index is 777. The third-order valence-corrected chi connectivity index (χ3v) is 2.84. The molecule has 5 N–H and O–H groups in total. The maximum Gasteiger partial charge on any atom is 0.300 e. The molecule has 1 aromatic heterocycles. The molecule has 6 heteroatoms. The molecule has 0 fully saturated rings. The standard InChI is InChI=1S/C14H12N4O2/c15-9-3-6-11-12(7-9)18-14(17-11)20-10-4-1-8(2-5-10)13(16)19/h1-7H,15H2,(H2,16,19)(H,17,18). The first-order chi connectivity index (χ1) is 9.61. The molecule has 0 radical (unpaired) electrons. The van der Waals surface area contributed by atoms with Crippen LogP contribution in [0.2, 0.25) is 0 Å². The van der Waals surface area contributed by atoms with Crippen molar-refractivity contribution in [1.82, 2.24) is 9.97 Å². The number of nitrogens with one attached hydrogen (secondary N) is 1. The number of hydrogen-bond acceptors (Lipinski definition) is 4. The van der Waals surface area contributed by atoms with Gasteiger partial charge in [-0.1, -0.05) is 0 Å². The number of H-pyrrole nitrogens is 1. The van der Waals surface area contributed by atoms with Crippen molar-refractivity contribution in [2.45, 2.75) is 0 Å². The van der Waals surface area contributed by atoms with E-state index in [1.807, 2.05) is 6.07 Å². The van der Waals surface area contributed by atoms with Crippen molar-refractivity contribution in [2.24, 2.45) is 5.73 Å². The van der Waals surface area contributed by atoms with E-state index in [1.165, 1.54) is 0 Å². The number of fused-ring (bicyclic) bond motifs is 1. The molecule has 2 aromatic carbocycles. The van der Waals surface area contributed by atoms with Crippen LogP contribution in [0.5, 0.6) is 11.8 Å². The third kappa shape index (κ3) is 2.26. The number of aromatic amines is 1. The molecule has 0 atom stereocenters. The molecule has 0 spiro atoms. The van der Waals surface area contributed by atoms with Gasteiger partial charge >= 0.3 is 0 Å². The van der Waals surface area contributed by atoms with Crippen LogP contribution in [0.15, 0.2) is 42.5 Å². The Morgan fingerprint density at radius 2 is 1.90 bits per heavy atom. The van der Waals surface area contributed by atoms with Crippen molar-refractivity contribution in [3.8, 4) is 11.8 Å². The zero-order valence-electron chi connectivity index (χ0n) is 10.5. The quantitative estimate of drug-likeness (QED) is 0.632. The van der Waals surface area contributed by atoms with Gasteiger partial charge in [0.25, 0.3) is 6.01 Å².